The van der Waals surface area contributed by atoms with Crippen LogP contribution in [0, 0.1) is 0 Å². The number of hydrogen-bond donors (Lipinski definition) is 0. The molecule has 0 aliphatic carbocycles. The van der Waals surface area contributed by atoms with Gasteiger partial charge in [0.2, 0.25) is 15.0 Å². The molecule has 0 aliphatic heterocycles. The van der Waals surface area contributed by atoms with Crippen LogP contribution in [0.3, 0.4) is 0 Å². The van der Waals surface area contributed by atoms with Gasteiger partial charge in [-0.3, -0.25) is 0 Å². The predicted molar refractivity (Wildman–Crippen MR) is 206 cm³/mol. The summed E-state index contributed by atoms with van der Waals surface area (Å²) < 4.78 is 61.8. The van der Waals surface area contributed by atoms with Crippen LogP contribution in [0.4, 0.5) is 0 Å². The van der Waals surface area contributed by atoms with Crippen molar-refractivity contribution < 1.29 is 26.3 Å². The van der Waals surface area contributed by atoms with Gasteiger partial charge in [0.25, 0.3) is 0 Å². The molecular formula is C34H40N8O6S4. The number of fused-ring (bicyclic) bond motifs is 2. The van der Waals surface area contributed by atoms with Crippen LogP contribution in [-0.2, 0) is 19.7 Å². The average molecular weight is 785 g/mol. The summed E-state index contributed by atoms with van der Waals surface area (Å²) in [5.41, 5.74) is 1.64. The maximum atomic E-state index is 12.2. The van der Waals surface area contributed by atoms with Gasteiger partial charge < -0.3 is 9.47 Å². The molecule has 0 atom stereocenters. The molecule has 0 saturated heterocycles. The number of aromatic nitrogens is 8. The van der Waals surface area contributed by atoms with Crippen LogP contribution in [0.15, 0.2) is 83.6 Å². The first-order valence-electron chi connectivity index (χ1n) is 16.4. The van der Waals surface area contributed by atoms with E-state index < -0.39 is 19.7 Å². The highest BCUT2D eigenvalue weighted by Crippen LogP contribution is 2.28. The van der Waals surface area contributed by atoms with E-state index in [1.807, 2.05) is 35.1 Å². The number of hydrogen-bond acceptors (Lipinski definition) is 14. The summed E-state index contributed by atoms with van der Waals surface area (Å²) in [7, 11) is -6.68. The highest BCUT2D eigenvalue weighted by atomic mass is 32.2. The number of benzene rings is 2. The molecule has 276 valence electrons. The first-order chi connectivity index (χ1) is 25.0. The second-order valence-electron chi connectivity index (χ2n) is 11.4. The lowest BCUT2D eigenvalue weighted by Gasteiger charge is -2.08. The first-order valence-corrected chi connectivity index (χ1v) is 22.5. The van der Waals surface area contributed by atoms with E-state index in [-0.39, 0.29) is 23.3 Å². The molecule has 0 aliphatic rings. The number of rotatable bonds is 16. The van der Waals surface area contributed by atoms with Gasteiger partial charge in [-0.15, -0.1) is 0 Å². The fourth-order valence-electron chi connectivity index (χ4n) is 4.88. The zero-order chi connectivity index (χ0) is 37.1. The zero-order valence-corrected chi connectivity index (χ0v) is 32.5. The molecule has 6 aromatic rings. The third kappa shape index (κ3) is 9.99. The van der Waals surface area contributed by atoms with Crippen LogP contribution < -0.4 is 9.47 Å². The molecule has 6 rings (SSSR count). The number of nitrogens with zero attached hydrogens (tertiary/aromatic N) is 8. The van der Waals surface area contributed by atoms with E-state index in [9.17, 15) is 16.8 Å². The maximum absolute atomic E-state index is 12.2. The van der Waals surface area contributed by atoms with Crippen molar-refractivity contribution in [2.75, 3.05) is 48.7 Å². The van der Waals surface area contributed by atoms with Crippen LogP contribution in [0.5, 0.6) is 11.5 Å². The molecule has 0 N–H and O–H groups in total. The summed E-state index contributed by atoms with van der Waals surface area (Å²) in [6.07, 6.45) is 11.4. The Labute approximate surface area is 311 Å². The van der Waals surface area contributed by atoms with Crippen molar-refractivity contribution in [2.45, 2.75) is 37.0 Å². The summed E-state index contributed by atoms with van der Waals surface area (Å²) in [6, 6.07) is 14.7. The standard InChI is InChI=1S/C17H20N4O5S2.C17H20N4OS2/c1-3-10-28(24,25)17-18-8-7-16(20-17)21-14-5-4-6-15(13(14)12-19-21)26-9-11-27(2,22)23;1-3-10-24-17-18-8-7-16(20-17)21-14-5-4-6-15(13(14)12-19-21)22-9-11-23-2/h4-8,12H,3,9-11H2,1-2H3;4-8,12H,3,9-11H2,1-2H3. The Bertz CT molecular complexity index is 2330. The number of ether oxygens (including phenoxy) is 2. The summed E-state index contributed by atoms with van der Waals surface area (Å²) in [5, 5.41) is 11.0. The fourth-order valence-corrected chi connectivity index (χ4v) is 7.37. The molecule has 4 aromatic heterocycles. The SMILES string of the molecule is CCCS(=O)(=O)c1nccc(-n2ncc3c(OCCS(C)(=O)=O)cccc32)n1.CCCSc1nccc(-n2ncc3c(OCCSC)cccc32)n1. The van der Waals surface area contributed by atoms with Gasteiger partial charge in [0.1, 0.15) is 18.1 Å². The van der Waals surface area contributed by atoms with Gasteiger partial charge in [-0.2, -0.15) is 26.9 Å². The van der Waals surface area contributed by atoms with E-state index >= 15 is 0 Å². The van der Waals surface area contributed by atoms with E-state index in [1.165, 1.54) is 10.9 Å². The van der Waals surface area contributed by atoms with E-state index in [1.54, 1.807) is 67.1 Å². The topological polar surface area (TPSA) is 174 Å². The smallest absolute Gasteiger partial charge is 0.249 e. The van der Waals surface area contributed by atoms with Crippen LogP contribution in [0.2, 0.25) is 0 Å². The molecule has 0 unspecified atom stereocenters. The Hall–Kier alpha value is -4.26. The second kappa shape index (κ2) is 18.0. The van der Waals surface area contributed by atoms with Gasteiger partial charge in [0.05, 0.1) is 52.3 Å². The van der Waals surface area contributed by atoms with Gasteiger partial charge in [0, 0.05) is 42.3 Å². The Balaban J connectivity index is 0.000000203. The molecular weight excluding hydrogens is 745 g/mol. The Morgan fingerprint density at radius 2 is 1.31 bits per heavy atom. The van der Waals surface area contributed by atoms with E-state index in [2.05, 4.69) is 43.3 Å². The molecule has 0 fully saturated rings. The minimum atomic E-state index is -3.56. The molecule has 52 heavy (non-hydrogen) atoms. The summed E-state index contributed by atoms with van der Waals surface area (Å²) in [4.78, 5) is 17.0. The molecule has 14 nitrogen and oxygen atoms in total. The van der Waals surface area contributed by atoms with Crippen molar-refractivity contribution in [3.05, 3.63) is 73.3 Å². The van der Waals surface area contributed by atoms with Gasteiger partial charge in [-0.05, 0) is 43.4 Å². The van der Waals surface area contributed by atoms with E-state index in [0.29, 0.717) is 35.5 Å². The molecule has 4 heterocycles. The van der Waals surface area contributed by atoms with Crippen molar-refractivity contribution >= 4 is 65.0 Å². The quantitative estimate of drug-likeness (QED) is 0.0685. The molecule has 18 heteroatoms. The summed E-state index contributed by atoms with van der Waals surface area (Å²) >= 11 is 3.43. The lowest BCUT2D eigenvalue weighted by molar-refractivity contribution is 0.345. The third-order valence-corrected chi connectivity index (χ3v) is 11.5. The number of sulfone groups is 2. The number of thioether (sulfide) groups is 2. The molecule has 0 saturated carbocycles. The minimum absolute atomic E-state index is 0.0239. The molecule has 0 spiro atoms. The molecule has 0 bridgehead atoms. The first kappa shape index (κ1) is 39.0. The van der Waals surface area contributed by atoms with Crippen LogP contribution in [0.1, 0.15) is 26.7 Å². The van der Waals surface area contributed by atoms with Gasteiger partial charge in [-0.25, -0.2) is 41.2 Å². The average Bonchev–Trinajstić information content (AvgIpc) is 3.77. The second-order valence-corrected chi connectivity index (χ2v) is 17.7. The maximum Gasteiger partial charge on any atom is 0.249 e. The Kier molecular flexibility index (Phi) is 13.5. The van der Waals surface area contributed by atoms with Crippen LogP contribution >= 0.6 is 23.5 Å². The normalized spacial score (nSPS) is 11.8. The highest BCUT2D eigenvalue weighted by Gasteiger charge is 2.19. The van der Waals surface area contributed by atoms with Crippen molar-refractivity contribution in [3.63, 3.8) is 0 Å². The molecule has 0 amide bonds. The Morgan fingerprint density at radius 3 is 1.88 bits per heavy atom. The molecule has 0 radical (unpaired) electrons. The Morgan fingerprint density at radius 1 is 0.712 bits per heavy atom. The monoisotopic (exact) mass is 784 g/mol. The lowest BCUT2D eigenvalue weighted by Crippen LogP contribution is -2.12. The van der Waals surface area contributed by atoms with E-state index in [4.69, 9.17) is 9.47 Å². The van der Waals surface area contributed by atoms with Gasteiger partial charge in [0.15, 0.2) is 26.6 Å². The predicted octanol–water partition coefficient (Wildman–Crippen LogP) is 5.48. The summed E-state index contributed by atoms with van der Waals surface area (Å²) in [6.45, 7) is 4.64. The largest absolute Gasteiger partial charge is 0.492 e. The zero-order valence-electron chi connectivity index (χ0n) is 29.2. The van der Waals surface area contributed by atoms with E-state index in [0.717, 1.165) is 51.8 Å². The summed E-state index contributed by atoms with van der Waals surface area (Å²) in [5.74, 6) is 4.29. The van der Waals surface area contributed by atoms with Crippen LogP contribution in [0.25, 0.3) is 33.4 Å². The minimum Gasteiger partial charge on any atom is -0.492 e. The highest BCUT2D eigenvalue weighted by molar-refractivity contribution is 7.99. The van der Waals surface area contributed by atoms with Crippen molar-refractivity contribution in [3.8, 4) is 23.1 Å². The van der Waals surface area contributed by atoms with Gasteiger partial charge in [-0.1, -0.05) is 37.7 Å². The van der Waals surface area contributed by atoms with Crippen LogP contribution in [-0.4, -0.2) is 105 Å². The van der Waals surface area contributed by atoms with Crippen molar-refractivity contribution in [2.24, 2.45) is 0 Å². The van der Waals surface area contributed by atoms with Gasteiger partial charge >= 0.3 is 0 Å². The van der Waals surface area contributed by atoms with Crippen molar-refractivity contribution in [1.29, 1.82) is 0 Å². The lowest BCUT2D eigenvalue weighted by atomic mass is 10.2. The third-order valence-electron chi connectivity index (χ3n) is 7.26. The molecule has 2 aromatic carbocycles. The van der Waals surface area contributed by atoms with Crippen molar-refractivity contribution in [1.82, 2.24) is 39.5 Å². The fraction of sp³-hybridized carbons (Fsp3) is 0.353.